The zero-order valence-corrected chi connectivity index (χ0v) is 10.5. The number of benzene rings is 1. The second kappa shape index (κ2) is 4.36. The Morgan fingerprint density at radius 2 is 2.35 bits per heavy atom. The molecule has 1 atom stereocenters. The molecule has 0 spiro atoms. The van der Waals surface area contributed by atoms with Gasteiger partial charge in [0.15, 0.2) is 0 Å². The number of aldehydes is 1. The van der Waals surface area contributed by atoms with Gasteiger partial charge >= 0.3 is 0 Å². The molecule has 2 heteroatoms. The number of methoxy groups -OCH3 is 1. The van der Waals surface area contributed by atoms with E-state index >= 15 is 0 Å². The Morgan fingerprint density at radius 1 is 1.59 bits per heavy atom. The van der Waals surface area contributed by atoms with Crippen molar-refractivity contribution in [2.24, 2.45) is 0 Å². The molecule has 0 amide bonds. The maximum absolute atomic E-state index is 11.5. The van der Waals surface area contributed by atoms with E-state index in [1.807, 2.05) is 19.1 Å². The highest BCUT2D eigenvalue weighted by molar-refractivity contribution is 5.72. The molecule has 1 aromatic rings. The van der Waals surface area contributed by atoms with Gasteiger partial charge < -0.3 is 9.53 Å². The van der Waals surface area contributed by atoms with E-state index in [1.165, 1.54) is 5.56 Å². The molecule has 0 aliphatic heterocycles. The van der Waals surface area contributed by atoms with Gasteiger partial charge in [-0.05, 0) is 49.4 Å². The molecule has 1 aliphatic carbocycles. The van der Waals surface area contributed by atoms with Gasteiger partial charge in [-0.1, -0.05) is 11.6 Å². The minimum Gasteiger partial charge on any atom is -0.497 e. The number of rotatable bonds is 4. The lowest BCUT2D eigenvalue weighted by Crippen LogP contribution is -2.25. The van der Waals surface area contributed by atoms with E-state index in [-0.39, 0.29) is 5.41 Å². The average molecular weight is 230 g/mol. The van der Waals surface area contributed by atoms with Crippen LogP contribution in [0.25, 0.3) is 0 Å². The molecule has 17 heavy (non-hydrogen) atoms. The summed E-state index contributed by atoms with van der Waals surface area (Å²) < 4.78 is 5.24. The summed E-state index contributed by atoms with van der Waals surface area (Å²) >= 11 is 0. The van der Waals surface area contributed by atoms with E-state index in [9.17, 15) is 4.79 Å². The molecule has 0 bridgehead atoms. The number of allylic oxidation sites excluding steroid dienone is 1. The molecule has 0 saturated carbocycles. The first-order valence-corrected chi connectivity index (χ1v) is 5.89. The van der Waals surface area contributed by atoms with Crippen molar-refractivity contribution in [2.75, 3.05) is 7.11 Å². The van der Waals surface area contributed by atoms with Gasteiger partial charge in [-0.2, -0.15) is 0 Å². The third-order valence-corrected chi connectivity index (χ3v) is 3.54. The van der Waals surface area contributed by atoms with Crippen molar-refractivity contribution in [3.05, 3.63) is 41.5 Å². The Morgan fingerprint density at radius 3 is 2.94 bits per heavy atom. The van der Waals surface area contributed by atoms with Crippen molar-refractivity contribution in [1.29, 1.82) is 0 Å². The molecule has 0 N–H and O–H groups in total. The van der Waals surface area contributed by atoms with Crippen molar-refractivity contribution in [1.82, 2.24) is 0 Å². The van der Waals surface area contributed by atoms with Gasteiger partial charge in [-0.3, -0.25) is 0 Å². The fraction of sp³-hybridized carbons (Fsp3) is 0.400. The predicted molar refractivity (Wildman–Crippen MR) is 68.5 cm³/mol. The quantitative estimate of drug-likeness (QED) is 0.587. The van der Waals surface area contributed by atoms with Crippen LogP contribution in [0, 0.1) is 0 Å². The van der Waals surface area contributed by atoms with Crippen LogP contribution < -0.4 is 4.74 Å². The van der Waals surface area contributed by atoms with Crippen molar-refractivity contribution >= 4 is 6.29 Å². The molecule has 1 unspecified atom stereocenters. The second-order valence-electron chi connectivity index (χ2n) is 4.93. The highest BCUT2D eigenvalue weighted by atomic mass is 16.5. The molecule has 0 saturated heterocycles. The summed E-state index contributed by atoms with van der Waals surface area (Å²) in [7, 11) is 1.65. The van der Waals surface area contributed by atoms with Crippen LogP contribution in [-0.2, 0) is 16.6 Å². The molecule has 1 aliphatic rings. The van der Waals surface area contributed by atoms with Gasteiger partial charge in [0.2, 0.25) is 0 Å². The highest BCUT2D eigenvalue weighted by Gasteiger charge is 2.38. The predicted octanol–water partition coefficient (Wildman–Crippen LogP) is 3.04. The van der Waals surface area contributed by atoms with E-state index in [0.29, 0.717) is 0 Å². The first-order chi connectivity index (χ1) is 8.11. The lowest BCUT2D eigenvalue weighted by Gasteiger charge is -2.24. The number of aryl methyl sites for hydroxylation is 1. The first kappa shape index (κ1) is 11.9. The smallest absolute Gasteiger partial charge is 0.130 e. The molecule has 1 aromatic carbocycles. The molecule has 0 fully saturated rings. The molecule has 0 radical (unpaired) electrons. The molecule has 0 aromatic heterocycles. The SMILES string of the molecule is C=C(C)CC1(C=O)CCc2ccc(OC)cc21. The van der Waals surface area contributed by atoms with E-state index in [1.54, 1.807) is 7.11 Å². The minimum atomic E-state index is -0.379. The normalized spacial score (nSPS) is 22.0. The Kier molecular flexibility index (Phi) is 3.05. The van der Waals surface area contributed by atoms with Gasteiger partial charge in [0.1, 0.15) is 12.0 Å². The molecule has 0 heterocycles. The van der Waals surface area contributed by atoms with E-state index in [0.717, 1.165) is 42.4 Å². The van der Waals surface area contributed by atoms with Crippen LogP contribution in [0.2, 0.25) is 0 Å². The second-order valence-corrected chi connectivity index (χ2v) is 4.93. The number of carbonyl (C=O) groups is 1. The topological polar surface area (TPSA) is 26.3 Å². The van der Waals surface area contributed by atoms with Gasteiger partial charge in [-0.15, -0.1) is 6.58 Å². The number of hydrogen-bond donors (Lipinski definition) is 0. The molecule has 90 valence electrons. The van der Waals surface area contributed by atoms with Crippen molar-refractivity contribution in [3.63, 3.8) is 0 Å². The van der Waals surface area contributed by atoms with Crippen molar-refractivity contribution in [3.8, 4) is 5.75 Å². The molecule has 2 nitrogen and oxygen atoms in total. The number of hydrogen-bond acceptors (Lipinski definition) is 2. The summed E-state index contributed by atoms with van der Waals surface area (Å²) in [6.07, 6.45) is 3.67. The zero-order valence-electron chi connectivity index (χ0n) is 10.5. The molecular formula is C15H18O2. The van der Waals surface area contributed by atoms with Crippen LogP contribution in [0.5, 0.6) is 5.75 Å². The fourth-order valence-electron chi connectivity index (χ4n) is 2.74. The number of ether oxygens (including phenoxy) is 1. The van der Waals surface area contributed by atoms with E-state index < -0.39 is 0 Å². The van der Waals surface area contributed by atoms with E-state index in [4.69, 9.17) is 4.74 Å². The third-order valence-electron chi connectivity index (χ3n) is 3.54. The number of carbonyl (C=O) groups excluding carboxylic acids is 1. The molecular weight excluding hydrogens is 212 g/mol. The average Bonchev–Trinajstić information content (AvgIpc) is 2.67. The summed E-state index contributed by atoms with van der Waals surface area (Å²) in [5.74, 6) is 0.818. The lowest BCUT2D eigenvalue weighted by atomic mass is 9.78. The van der Waals surface area contributed by atoms with Crippen LogP contribution in [-0.4, -0.2) is 13.4 Å². The Labute approximate surface area is 102 Å². The van der Waals surface area contributed by atoms with Crippen LogP contribution in [0.1, 0.15) is 30.9 Å². The minimum absolute atomic E-state index is 0.379. The highest BCUT2D eigenvalue weighted by Crippen LogP contribution is 2.43. The largest absolute Gasteiger partial charge is 0.497 e. The van der Waals surface area contributed by atoms with Gasteiger partial charge in [0.05, 0.1) is 12.5 Å². The van der Waals surface area contributed by atoms with Gasteiger partial charge in [0.25, 0.3) is 0 Å². The number of fused-ring (bicyclic) bond motifs is 1. The van der Waals surface area contributed by atoms with E-state index in [2.05, 4.69) is 12.6 Å². The zero-order chi connectivity index (χ0) is 12.5. The van der Waals surface area contributed by atoms with Gasteiger partial charge in [0, 0.05) is 0 Å². The van der Waals surface area contributed by atoms with Crippen LogP contribution in [0.4, 0.5) is 0 Å². The lowest BCUT2D eigenvalue weighted by molar-refractivity contribution is -0.112. The third kappa shape index (κ3) is 1.99. The monoisotopic (exact) mass is 230 g/mol. The summed E-state index contributed by atoms with van der Waals surface area (Å²) in [5, 5.41) is 0. The maximum Gasteiger partial charge on any atom is 0.130 e. The first-order valence-electron chi connectivity index (χ1n) is 5.89. The summed E-state index contributed by atoms with van der Waals surface area (Å²) in [6.45, 7) is 5.91. The maximum atomic E-state index is 11.5. The summed E-state index contributed by atoms with van der Waals surface area (Å²) in [4.78, 5) is 11.5. The molecule has 2 rings (SSSR count). The van der Waals surface area contributed by atoms with Crippen LogP contribution in [0.3, 0.4) is 0 Å². The Hall–Kier alpha value is -1.57. The van der Waals surface area contributed by atoms with Crippen LogP contribution in [0.15, 0.2) is 30.4 Å². The fourth-order valence-corrected chi connectivity index (χ4v) is 2.74. The Bertz CT molecular complexity index is 462. The summed E-state index contributed by atoms with van der Waals surface area (Å²) in [6, 6.07) is 6.03. The van der Waals surface area contributed by atoms with Gasteiger partial charge in [-0.25, -0.2) is 0 Å². The van der Waals surface area contributed by atoms with Crippen molar-refractivity contribution in [2.45, 2.75) is 31.6 Å². The summed E-state index contributed by atoms with van der Waals surface area (Å²) in [5.41, 5.74) is 3.05. The van der Waals surface area contributed by atoms with Crippen molar-refractivity contribution < 1.29 is 9.53 Å². The van der Waals surface area contributed by atoms with Crippen LogP contribution >= 0.6 is 0 Å². The Balaban J connectivity index is 2.48. The standard InChI is InChI=1S/C15H18O2/c1-11(2)9-15(10-16)7-6-12-4-5-13(17-3)8-14(12)15/h4-5,8,10H,1,6-7,9H2,2-3H3.